The lowest BCUT2D eigenvalue weighted by molar-refractivity contribution is -0.144. The van der Waals surface area contributed by atoms with Crippen LogP contribution in [0.25, 0.3) is 0 Å². The van der Waals surface area contributed by atoms with Crippen molar-refractivity contribution in [2.75, 3.05) is 13.6 Å². The fraction of sp³-hybridized carbons (Fsp3) is 0.818. The molecule has 2 amide bonds. The molecular formula is C22H37N5O4. The van der Waals surface area contributed by atoms with Crippen molar-refractivity contribution < 1.29 is 19.8 Å². The van der Waals surface area contributed by atoms with Crippen LogP contribution >= 0.6 is 0 Å². The maximum Gasteiger partial charge on any atom is 0.248 e. The Balaban J connectivity index is 1.89. The van der Waals surface area contributed by atoms with Crippen LogP contribution in [0, 0.1) is 10.8 Å². The number of β-amino-alcohol motifs (C(OH)–C–C–N with tert-alkyl or cyclic N) is 1. The zero-order valence-corrected chi connectivity index (χ0v) is 19.6. The van der Waals surface area contributed by atoms with E-state index in [0.29, 0.717) is 18.5 Å². The van der Waals surface area contributed by atoms with Crippen molar-refractivity contribution in [1.82, 2.24) is 25.2 Å². The standard InChI is InChI=1S/C22H37N5O4/c1-20(2,3)17(19(30)26-12-14(28)11-15(26)18(29)23-6)27-13-16(24-25-27)22(31)9-7-21(4,5)8-10-22/h13-15,17,28,31H,7-12H2,1-6H3,(H,23,29)/t14-,15+,17-/m1/s1. The summed E-state index contributed by atoms with van der Waals surface area (Å²) in [5.74, 6) is -0.582. The molecule has 2 aliphatic rings. The molecule has 3 atom stereocenters. The summed E-state index contributed by atoms with van der Waals surface area (Å²) in [6.07, 6.45) is 4.11. The molecule has 2 heterocycles. The van der Waals surface area contributed by atoms with Crippen LogP contribution in [0.2, 0.25) is 0 Å². The molecular weight excluding hydrogens is 398 g/mol. The molecule has 9 nitrogen and oxygen atoms in total. The van der Waals surface area contributed by atoms with Gasteiger partial charge in [0, 0.05) is 20.0 Å². The smallest absolute Gasteiger partial charge is 0.248 e. The van der Waals surface area contributed by atoms with Crippen molar-refractivity contribution >= 4 is 11.8 Å². The predicted octanol–water partition coefficient (Wildman–Crippen LogP) is 1.36. The third-order valence-electron chi connectivity index (χ3n) is 6.85. The Hall–Kier alpha value is -2.00. The van der Waals surface area contributed by atoms with Gasteiger partial charge in [-0.05, 0) is 36.5 Å². The lowest BCUT2D eigenvalue weighted by Crippen LogP contribution is -2.49. The number of hydrogen-bond donors (Lipinski definition) is 3. The van der Waals surface area contributed by atoms with Crippen LogP contribution in [-0.4, -0.2) is 67.7 Å². The first kappa shape index (κ1) is 23.7. The van der Waals surface area contributed by atoms with E-state index in [9.17, 15) is 19.8 Å². The normalized spacial score (nSPS) is 26.5. The second-order valence-corrected chi connectivity index (χ2v) is 11.1. The third kappa shape index (κ3) is 4.77. The summed E-state index contributed by atoms with van der Waals surface area (Å²) < 4.78 is 1.51. The number of rotatable bonds is 4. The maximum atomic E-state index is 13.6. The Morgan fingerprint density at radius 1 is 1.23 bits per heavy atom. The van der Waals surface area contributed by atoms with E-state index in [1.165, 1.54) is 16.6 Å². The Morgan fingerprint density at radius 3 is 2.39 bits per heavy atom. The number of nitrogens with zero attached hydrogens (tertiary/aromatic N) is 4. The number of carbonyl (C=O) groups excluding carboxylic acids is 2. The molecule has 3 rings (SSSR count). The molecule has 1 aliphatic carbocycles. The van der Waals surface area contributed by atoms with Crippen LogP contribution < -0.4 is 5.32 Å². The van der Waals surface area contributed by atoms with Gasteiger partial charge in [0.15, 0.2) is 0 Å². The lowest BCUT2D eigenvalue weighted by atomic mass is 9.70. The van der Waals surface area contributed by atoms with E-state index in [4.69, 9.17) is 0 Å². The van der Waals surface area contributed by atoms with Gasteiger partial charge in [-0.25, -0.2) is 4.68 Å². The van der Waals surface area contributed by atoms with E-state index in [1.54, 1.807) is 6.20 Å². The number of hydrogen-bond acceptors (Lipinski definition) is 6. The minimum absolute atomic E-state index is 0.101. The van der Waals surface area contributed by atoms with Gasteiger partial charge in [0.05, 0.1) is 12.3 Å². The molecule has 0 unspecified atom stereocenters. The number of aliphatic hydroxyl groups excluding tert-OH is 1. The van der Waals surface area contributed by atoms with E-state index in [1.807, 2.05) is 20.8 Å². The van der Waals surface area contributed by atoms with Crippen LogP contribution in [0.15, 0.2) is 6.20 Å². The highest BCUT2D eigenvalue weighted by atomic mass is 16.3. The van der Waals surface area contributed by atoms with Gasteiger partial charge >= 0.3 is 0 Å². The highest BCUT2D eigenvalue weighted by molar-refractivity contribution is 5.90. The van der Waals surface area contributed by atoms with Crippen molar-refractivity contribution in [3.05, 3.63) is 11.9 Å². The van der Waals surface area contributed by atoms with Crippen LogP contribution in [0.1, 0.15) is 78.5 Å². The van der Waals surface area contributed by atoms with Gasteiger partial charge < -0.3 is 20.4 Å². The number of nitrogens with one attached hydrogen (secondary N) is 1. The average molecular weight is 436 g/mol. The quantitative estimate of drug-likeness (QED) is 0.657. The molecule has 174 valence electrons. The number of likely N-dealkylation sites (tertiary alicyclic amines) is 1. The first-order valence-corrected chi connectivity index (χ1v) is 11.1. The summed E-state index contributed by atoms with van der Waals surface area (Å²) in [6.45, 7) is 10.3. The second-order valence-electron chi connectivity index (χ2n) is 11.1. The zero-order valence-electron chi connectivity index (χ0n) is 19.6. The van der Waals surface area contributed by atoms with Gasteiger partial charge in [0.1, 0.15) is 23.4 Å². The number of aliphatic hydroxyl groups is 2. The van der Waals surface area contributed by atoms with Crippen LogP contribution in [0.3, 0.4) is 0 Å². The Bertz CT molecular complexity index is 818. The Morgan fingerprint density at radius 2 is 1.84 bits per heavy atom. The topological polar surface area (TPSA) is 121 Å². The van der Waals surface area contributed by atoms with E-state index in [-0.39, 0.29) is 30.2 Å². The van der Waals surface area contributed by atoms with Gasteiger partial charge in [-0.15, -0.1) is 5.10 Å². The van der Waals surface area contributed by atoms with E-state index in [2.05, 4.69) is 29.5 Å². The van der Waals surface area contributed by atoms with E-state index < -0.39 is 29.2 Å². The molecule has 1 saturated carbocycles. The number of aromatic nitrogens is 3. The molecule has 0 radical (unpaired) electrons. The summed E-state index contributed by atoms with van der Waals surface area (Å²) in [6, 6.07) is -1.44. The SMILES string of the molecule is CNC(=O)[C@@H]1C[C@@H](O)CN1C(=O)[C@@H](n1cc(C2(O)CCC(C)(C)CC2)nn1)C(C)(C)C. The Kier molecular flexibility index (Phi) is 6.23. The molecule has 0 aromatic carbocycles. The molecule has 0 bridgehead atoms. The van der Waals surface area contributed by atoms with Crippen molar-refractivity contribution in [3.8, 4) is 0 Å². The number of carbonyl (C=O) groups is 2. The molecule has 0 spiro atoms. The monoisotopic (exact) mass is 435 g/mol. The molecule has 2 fully saturated rings. The molecule has 1 aromatic rings. The highest BCUT2D eigenvalue weighted by Crippen LogP contribution is 2.45. The molecule has 1 aliphatic heterocycles. The minimum Gasteiger partial charge on any atom is -0.391 e. The number of amides is 2. The summed E-state index contributed by atoms with van der Waals surface area (Å²) in [5, 5.41) is 32.4. The molecule has 9 heteroatoms. The maximum absolute atomic E-state index is 13.6. The summed E-state index contributed by atoms with van der Waals surface area (Å²) >= 11 is 0. The average Bonchev–Trinajstić information content (AvgIpc) is 3.30. The third-order valence-corrected chi connectivity index (χ3v) is 6.85. The molecule has 31 heavy (non-hydrogen) atoms. The van der Waals surface area contributed by atoms with Crippen molar-refractivity contribution in [2.45, 2.75) is 90.5 Å². The van der Waals surface area contributed by atoms with Gasteiger partial charge in [-0.3, -0.25) is 9.59 Å². The van der Waals surface area contributed by atoms with Crippen LogP contribution in [0.5, 0.6) is 0 Å². The van der Waals surface area contributed by atoms with E-state index >= 15 is 0 Å². The molecule has 1 aromatic heterocycles. The first-order valence-electron chi connectivity index (χ1n) is 11.1. The Labute approximate surface area is 184 Å². The summed E-state index contributed by atoms with van der Waals surface area (Å²) in [4.78, 5) is 27.4. The van der Waals surface area contributed by atoms with Gasteiger partial charge in [-0.2, -0.15) is 0 Å². The van der Waals surface area contributed by atoms with Crippen LogP contribution in [0.4, 0.5) is 0 Å². The summed E-state index contributed by atoms with van der Waals surface area (Å²) in [7, 11) is 1.52. The summed E-state index contributed by atoms with van der Waals surface area (Å²) in [5.41, 5.74) is -0.903. The minimum atomic E-state index is -1.05. The fourth-order valence-electron chi connectivity index (χ4n) is 4.72. The fourth-order valence-corrected chi connectivity index (χ4v) is 4.72. The van der Waals surface area contributed by atoms with Gasteiger partial charge in [0.25, 0.3) is 0 Å². The van der Waals surface area contributed by atoms with E-state index in [0.717, 1.165) is 12.8 Å². The lowest BCUT2D eigenvalue weighted by Gasteiger charge is -2.39. The van der Waals surface area contributed by atoms with Gasteiger partial charge in [-0.1, -0.05) is 39.8 Å². The largest absolute Gasteiger partial charge is 0.391 e. The highest BCUT2D eigenvalue weighted by Gasteiger charge is 2.46. The molecule has 3 N–H and O–H groups in total. The van der Waals surface area contributed by atoms with Crippen LogP contribution in [-0.2, 0) is 15.2 Å². The van der Waals surface area contributed by atoms with Crippen molar-refractivity contribution in [1.29, 1.82) is 0 Å². The zero-order chi connectivity index (χ0) is 23.2. The molecule has 1 saturated heterocycles. The van der Waals surface area contributed by atoms with Gasteiger partial charge in [0.2, 0.25) is 11.8 Å². The van der Waals surface area contributed by atoms with Crippen molar-refractivity contribution in [3.63, 3.8) is 0 Å². The second kappa shape index (κ2) is 8.16. The van der Waals surface area contributed by atoms with Crippen molar-refractivity contribution in [2.24, 2.45) is 10.8 Å². The number of likely N-dealkylation sites (N-methyl/N-ethyl adjacent to an activating group) is 1. The predicted molar refractivity (Wildman–Crippen MR) is 115 cm³/mol. The first-order chi connectivity index (χ1) is 14.3.